The molecule has 1 atom stereocenters. The molecule has 0 fully saturated rings. The molecule has 0 aliphatic rings. The number of hydrogen-bond acceptors (Lipinski definition) is 5. The number of amides is 1. The van der Waals surface area contributed by atoms with Crippen molar-refractivity contribution in [3.8, 4) is 0 Å². The molecule has 1 rings (SSSR count). The van der Waals surface area contributed by atoms with Gasteiger partial charge in [-0.05, 0) is 6.42 Å². The van der Waals surface area contributed by atoms with E-state index in [-0.39, 0.29) is 18.4 Å². The first kappa shape index (κ1) is 15.4. The first-order chi connectivity index (χ1) is 9.45. The van der Waals surface area contributed by atoms with Gasteiger partial charge in [0.1, 0.15) is 11.6 Å². The van der Waals surface area contributed by atoms with Crippen LogP contribution in [-0.2, 0) is 14.3 Å². The van der Waals surface area contributed by atoms with E-state index < -0.39 is 29.3 Å². The number of rotatable bonds is 6. The molecule has 0 aliphatic heterocycles. The molecule has 1 aromatic heterocycles. The largest absolute Gasteiger partial charge is 0.480 e. The number of methoxy groups -OCH3 is 1. The molecule has 1 heterocycles. The van der Waals surface area contributed by atoms with E-state index in [1.165, 1.54) is 19.5 Å². The summed E-state index contributed by atoms with van der Waals surface area (Å²) in [4.78, 5) is 47.7. The van der Waals surface area contributed by atoms with Gasteiger partial charge in [-0.3, -0.25) is 14.4 Å². The highest BCUT2D eigenvalue weighted by atomic mass is 16.5. The number of nitrogens with one attached hydrogen (secondary N) is 2. The van der Waals surface area contributed by atoms with Crippen LogP contribution in [0.1, 0.15) is 23.2 Å². The van der Waals surface area contributed by atoms with Crippen molar-refractivity contribution in [3.63, 3.8) is 0 Å². The molecule has 8 heteroatoms. The molecule has 0 radical (unpaired) electrons. The normalized spacial score (nSPS) is 11.4. The van der Waals surface area contributed by atoms with Crippen molar-refractivity contribution < 1.29 is 24.2 Å². The number of esters is 1. The highest BCUT2D eigenvalue weighted by Crippen LogP contribution is 2.01. The zero-order valence-corrected chi connectivity index (χ0v) is 10.7. The van der Waals surface area contributed by atoms with Crippen molar-refractivity contribution in [2.24, 2.45) is 0 Å². The van der Waals surface area contributed by atoms with Crippen molar-refractivity contribution in [3.05, 3.63) is 34.2 Å². The summed E-state index contributed by atoms with van der Waals surface area (Å²) in [6.07, 6.45) is 2.25. The lowest BCUT2D eigenvalue weighted by Crippen LogP contribution is -2.42. The van der Waals surface area contributed by atoms with E-state index >= 15 is 0 Å². The van der Waals surface area contributed by atoms with Gasteiger partial charge in [0.05, 0.1) is 7.11 Å². The fraction of sp³-hybridized carbons (Fsp3) is 0.333. The Kier molecular flexibility index (Phi) is 5.45. The summed E-state index contributed by atoms with van der Waals surface area (Å²) in [6, 6.07) is -0.125. The predicted octanol–water partition coefficient (Wildman–Crippen LogP) is -0.489. The maximum absolute atomic E-state index is 11.8. The second-order valence-corrected chi connectivity index (χ2v) is 3.90. The fourth-order valence-electron chi connectivity index (χ4n) is 1.45. The Labute approximate surface area is 113 Å². The van der Waals surface area contributed by atoms with E-state index in [9.17, 15) is 19.2 Å². The monoisotopic (exact) mass is 282 g/mol. The van der Waals surface area contributed by atoms with E-state index in [1.807, 2.05) is 0 Å². The zero-order chi connectivity index (χ0) is 15.1. The number of H-pyrrole nitrogens is 1. The number of hydrogen-bond donors (Lipinski definition) is 3. The van der Waals surface area contributed by atoms with E-state index in [4.69, 9.17) is 5.11 Å². The minimum atomic E-state index is -1.30. The van der Waals surface area contributed by atoms with Crippen molar-refractivity contribution in [2.45, 2.75) is 18.9 Å². The summed E-state index contributed by atoms with van der Waals surface area (Å²) >= 11 is 0. The minimum Gasteiger partial charge on any atom is -0.480 e. The van der Waals surface area contributed by atoms with Gasteiger partial charge in [-0.25, -0.2) is 4.79 Å². The minimum absolute atomic E-state index is 0.127. The molecule has 108 valence electrons. The SMILES string of the molecule is COC(=O)CC[C@@H](NC(=O)c1c[nH]ccc1=O)C(=O)O. The number of carbonyl (C=O) groups is 3. The Morgan fingerprint density at radius 2 is 2.15 bits per heavy atom. The summed E-state index contributed by atoms with van der Waals surface area (Å²) < 4.78 is 4.39. The van der Waals surface area contributed by atoms with E-state index in [1.54, 1.807) is 0 Å². The third kappa shape index (κ3) is 4.23. The van der Waals surface area contributed by atoms with E-state index in [2.05, 4.69) is 15.0 Å². The summed E-state index contributed by atoms with van der Waals surface area (Å²) in [7, 11) is 1.18. The number of pyridine rings is 1. The topological polar surface area (TPSA) is 126 Å². The lowest BCUT2D eigenvalue weighted by molar-refractivity contribution is -0.142. The molecule has 20 heavy (non-hydrogen) atoms. The third-order valence-corrected chi connectivity index (χ3v) is 2.54. The molecule has 1 amide bonds. The van der Waals surface area contributed by atoms with Crippen molar-refractivity contribution in [2.75, 3.05) is 7.11 Å². The number of aromatic nitrogens is 1. The summed E-state index contributed by atoms with van der Waals surface area (Å²) in [5, 5.41) is 11.2. The van der Waals surface area contributed by atoms with Gasteiger partial charge in [0, 0.05) is 24.9 Å². The van der Waals surface area contributed by atoms with Gasteiger partial charge < -0.3 is 20.1 Å². The number of aliphatic carboxylic acids is 1. The standard InChI is InChI=1S/C12H14N2O6/c1-20-10(16)3-2-8(12(18)19)14-11(17)7-6-13-5-4-9(7)15/h4-6,8H,2-3H2,1H3,(H,13,15)(H,14,17)(H,18,19)/t8-/m1/s1. The zero-order valence-electron chi connectivity index (χ0n) is 10.7. The Balaban J connectivity index is 2.74. The molecule has 0 unspecified atom stereocenters. The summed E-state index contributed by atoms with van der Waals surface area (Å²) in [5.74, 6) is -2.69. The van der Waals surface area contributed by atoms with Gasteiger partial charge in [-0.2, -0.15) is 0 Å². The summed E-state index contributed by atoms with van der Waals surface area (Å²) in [6.45, 7) is 0. The van der Waals surface area contributed by atoms with Crippen LogP contribution in [0.25, 0.3) is 0 Å². The first-order valence-corrected chi connectivity index (χ1v) is 5.73. The average Bonchev–Trinajstić information content (AvgIpc) is 2.42. The molecule has 0 bridgehead atoms. The summed E-state index contributed by atoms with van der Waals surface area (Å²) in [5.41, 5.74) is -0.727. The van der Waals surface area contributed by atoms with Crippen LogP contribution in [0.2, 0.25) is 0 Å². The second-order valence-electron chi connectivity index (χ2n) is 3.90. The molecular formula is C12H14N2O6. The lowest BCUT2D eigenvalue weighted by atomic mass is 10.1. The average molecular weight is 282 g/mol. The number of aromatic amines is 1. The first-order valence-electron chi connectivity index (χ1n) is 5.73. The molecular weight excluding hydrogens is 268 g/mol. The van der Waals surface area contributed by atoms with Crippen LogP contribution in [0.3, 0.4) is 0 Å². The number of carboxylic acid groups (broad SMARTS) is 1. The highest BCUT2D eigenvalue weighted by molar-refractivity contribution is 5.96. The lowest BCUT2D eigenvalue weighted by Gasteiger charge is -2.13. The quantitative estimate of drug-likeness (QED) is 0.604. The maximum Gasteiger partial charge on any atom is 0.326 e. The number of carbonyl (C=O) groups excluding carboxylic acids is 2. The van der Waals surface area contributed by atoms with Crippen molar-refractivity contribution in [1.82, 2.24) is 10.3 Å². The van der Waals surface area contributed by atoms with Gasteiger partial charge in [-0.15, -0.1) is 0 Å². The molecule has 0 spiro atoms. The molecule has 8 nitrogen and oxygen atoms in total. The van der Waals surface area contributed by atoms with Gasteiger partial charge in [0.25, 0.3) is 5.91 Å². The van der Waals surface area contributed by atoms with E-state index in [0.29, 0.717) is 0 Å². The van der Waals surface area contributed by atoms with Crippen LogP contribution in [0.15, 0.2) is 23.3 Å². The molecule has 0 saturated heterocycles. The van der Waals surface area contributed by atoms with Crippen molar-refractivity contribution >= 4 is 17.8 Å². The van der Waals surface area contributed by atoms with Crippen molar-refractivity contribution in [1.29, 1.82) is 0 Å². The molecule has 0 saturated carbocycles. The Bertz CT molecular complexity index is 565. The predicted molar refractivity (Wildman–Crippen MR) is 67.2 cm³/mol. The van der Waals surface area contributed by atoms with Crippen LogP contribution >= 0.6 is 0 Å². The van der Waals surface area contributed by atoms with Crippen LogP contribution in [0.5, 0.6) is 0 Å². The highest BCUT2D eigenvalue weighted by Gasteiger charge is 2.22. The number of carboxylic acids is 1. The molecule has 1 aromatic rings. The Morgan fingerprint density at radius 3 is 2.70 bits per heavy atom. The molecule has 0 aliphatic carbocycles. The van der Waals surface area contributed by atoms with Crippen LogP contribution in [0, 0.1) is 0 Å². The van der Waals surface area contributed by atoms with Gasteiger partial charge in [0.15, 0.2) is 5.43 Å². The van der Waals surface area contributed by atoms with Gasteiger partial charge in [-0.1, -0.05) is 0 Å². The fourth-order valence-corrected chi connectivity index (χ4v) is 1.45. The molecule has 0 aromatic carbocycles. The third-order valence-electron chi connectivity index (χ3n) is 2.54. The number of ether oxygens (including phenoxy) is 1. The van der Waals surface area contributed by atoms with Crippen LogP contribution < -0.4 is 10.7 Å². The smallest absolute Gasteiger partial charge is 0.326 e. The van der Waals surface area contributed by atoms with Crippen LogP contribution in [0.4, 0.5) is 0 Å². The second kappa shape index (κ2) is 7.07. The Hall–Kier alpha value is -2.64. The van der Waals surface area contributed by atoms with Crippen LogP contribution in [-0.4, -0.2) is 41.1 Å². The van der Waals surface area contributed by atoms with Gasteiger partial charge >= 0.3 is 11.9 Å². The maximum atomic E-state index is 11.8. The van der Waals surface area contributed by atoms with E-state index in [0.717, 1.165) is 6.07 Å². The van der Waals surface area contributed by atoms with Gasteiger partial charge in [0.2, 0.25) is 0 Å². The Morgan fingerprint density at radius 1 is 1.45 bits per heavy atom. The molecule has 3 N–H and O–H groups in total.